The fourth-order valence-corrected chi connectivity index (χ4v) is 3.18. The Hall–Kier alpha value is -0.610. The Morgan fingerprint density at radius 3 is 2.58 bits per heavy atom. The van der Waals surface area contributed by atoms with E-state index in [1.807, 2.05) is 0 Å². The second-order valence-corrected chi connectivity index (χ2v) is 6.13. The molecule has 2 fully saturated rings. The molecular weight excluding hydrogens is 238 g/mol. The van der Waals surface area contributed by atoms with Gasteiger partial charge in [0.25, 0.3) is 0 Å². The molecular formula is C15H29N3O. The Morgan fingerprint density at radius 1 is 1.21 bits per heavy atom. The minimum absolute atomic E-state index is 0.222. The number of nitrogens with one attached hydrogen (secondary N) is 2. The van der Waals surface area contributed by atoms with E-state index in [4.69, 9.17) is 0 Å². The second kappa shape index (κ2) is 7.85. The molecule has 4 nitrogen and oxygen atoms in total. The lowest BCUT2D eigenvalue weighted by Gasteiger charge is -2.33. The lowest BCUT2D eigenvalue weighted by molar-refractivity contribution is -0.123. The van der Waals surface area contributed by atoms with Crippen molar-refractivity contribution < 1.29 is 4.79 Å². The Balaban J connectivity index is 1.72. The molecule has 2 aliphatic rings. The van der Waals surface area contributed by atoms with Crippen molar-refractivity contribution in [3.8, 4) is 0 Å². The van der Waals surface area contributed by atoms with E-state index in [9.17, 15) is 4.79 Å². The number of hydrogen-bond donors (Lipinski definition) is 2. The van der Waals surface area contributed by atoms with E-state index in [2.05, 4.69) is 22.5 Å². The molecule has 0 bridgehead atoms. The van der Waals surface area contributed by atoms with Crippen LogP contribution in [-0.2, 0) is 4.79 Å². The molecule has 4 heteroatoms. The number of carbonyl (C=O) groups is 1. The monoisotopic (exact) mass is 267 g/mol. The second-order valence-electron chi connectivity index (χ2n) is 6.13. The summed E-state index contributed by atoms with van der Waals surface area (Å²) < 4.78 is 0. The third-order valence-electron chi connectivity index (χ3n) is 4.46. The van der Waals surface area contributed by atoms with Crippen LogP contribution in [-0.4, -0.2) is 49.1 Å². The minimum atomic E-state index is 0.222. The molecule has 1 heterocycles. The van der Waals surface area contributed by atoms with Crippen LogP contribution in [0, 0.1) is 0 Å². The summed E-state index contributed by atoms with van der Waals surface area (Å²) >= 11 is 0. The molecule has 2 N–H and O–H groups in total. The third-order valence-corrected chi connectivity index (χ3v) is 4.46. The number of piperazine rings is 1. The Bertz CT molecular complexity index is 275. The average molecular weight is 267 g/mol. The van der Waals surface area contributed by atoms with E-state index < -0.39 is 0 Å². The highest BCUT2D eigenvalue weighted by Gasteiger charge is 2.21. The van der Waals surface area contributed by atoms with E-state index in [1.54, 1.807) is 0 Å². The maximum Gasteiger partial charge on any atom is 0.234 e. The van der Waals surface area contributed by atoms with E-state index in [0.717, 1.165) is 19.6 Å². The van der Waals surface area contributed by atoms with Gasteiger partial charge in [-0.2, -0.15) is 0 Å². The molecule has 1 amide bonds. The fourth-order valence-electron chi connectivity index (χ4n) is 3.18. The van der Waals surface area contributed by atoms with Crippen molar-refractivity contribution in [2.24, 2.45) is 0 Å². The molecule has 0 spiro atoms. The largest absolute Gasteiger partial charge is 0.352 e. The van der Waals surface area contributed by atoms with Crippen LogP contribution in [0.1, 0.15) is 51.9 Å². The van der Waals surface area contributed by atoms with Crippen molar-refractivity contribution in [2.45, 2.75) is 64.0 Å². The van der Waals surface area contributed by atoms with Crippen molar-refractivity contribution in [2.75, 3.05) is 26.2 Å². The Labute approximate surface area is 117 Å². The van der Waals surface area contributed by atoms with E-state index in [-0.39, 0.29) is 5.91 Å². The highest BCUT2D eigenvalue weighted by atomic mass is 16.2. The number of nitrogens with zero attached hydrogens (tertiary/aromatic N) is 1. The van der Waals surface area contributed by atoms with Gasteiger partial charge in [0.1, 0.15) is 0 Å². The van der Waals surface area contributed by atoms with Crippen LogP contribution in [0.3, 0.4) is 0 Å². The zero-order valence-corrected chi connectivity index (χ0v) is 12.3. The SMILES string of the molecule is C[C@@H]1CNCCN1CC(=O)NC1CCCCCCC1. The fraction of sp³-hybridized carbons (Fsp3) is 0.933. The first-order chi connectivity index (χ1) is 9.25. The maximum absolute atomic E-state index is 12.2. The first-order valence-corrected chi connectivity index (χ1v) is 8.00. The lowest BCUT2D eigenvalue weighted by atomic mass is 9.97. The van der Waals surface area contributed by atoms with Crippen LogP contribution in [0.2, 0.25) is 0 Å². The van der Waals surface area contributed by atoms with Crippen LogP contribution in [0.5, 0.6) is 0 Å². The normalized spacial score (nSPS) is 27.5. The van der Waals surface area contributed by atoms with Crippen LogP contribution in [0.15, 0.2) is 0 Å². The minimum Gasteiger partial charge on any atom is -0.352 e. The van der Waals surface area contributed by atoms with Gasteiger partial charge >= 0.3 is 0 Å². The van der Waals surface area contributed by atoms with Gasteiger partial charge in [0, 0.05) is 31.7 Å². The molecule has 0 radical (unpaired) electrons. The van der Waals surface area contributed by atoms with Gasteiger partial charge in [-0.05, 0) is 19.8 Å². The standard InChI is InChI=1S/C15H29N3O/c1-13-11-16-9-10-18(13)12-15(19)17-14-7-5-3-2-4-6-8-14/h13-14,16H,2-12H2,1H3,(H,17,19)/t13-/m1/s1. The maximum atomic E-state index is 12.2. The molecule has 1 aliphatic heterocycles. The summed E-state index contributed by atoms with van der Waals surface area (Å²) in [6.45, 7) is 5.74. The lowest BCUT2D eigenvalue weighted by Crippen LogP contribution is -2.53. The van der Waals surface area contributed by atoms with Gasteiger partial charge in [-0.15, -0.1) is 0 Å². The molecule has 0 unspecified atom stereocenters. The van der Waals surface area contributed by atoms with Crippen LogP contribution >= 0.6 is 0 Å². The van der Waals surface area contributed by atoms with E-state index in [1.165, 1.54) is 44.9 Å². The van der Waals surface area contributed by atoms with E-state index >= 15 is 0 Å². The number of amides is 1. The number of rotatable bonds is 3. The number of carbonyl (C=O) groups excluding carboxylic acids is 1. The summed E-state index contributed by atoms with van der Waals surface area (Å²) in [6, 6.07) is 0.892. The van der Waals surface area contributed by atoms with Gasteiger partial charge in [0.05, 0.1) is 6.54 Å². The van der Waals surface area contributed by atoms with Crippen molar-refractivity contribution in [1.82, 2.24) is 15.5 Å². The van der Waals surface area contributed by atoms with Gasteiger partial charge in [-0.25, -0.2) is 0 Å². The molecule has 2 rings (SSSR count). The molecule has 1 atom stereocenters. The molecule has 1 aliphatic carbocycles. The highest BCUT2D eigenvalue weighted by molar-refractivity contribution is 5.78. The third kappa shape index (κ3) is 5.11. The summed E-state index contributed by atoms with van der Waals surface area (Å²) in [5, 5.41) is 6.61. The van der Waals surface area contributed by atoms with Crippen LogP contribution in [0.4, 0.5) is 0 Å². The Kier molecular flexibility index (Phi) is 6.11. The van der Waals surface area contributed by atoms with Crippen molar-refractivity contribution in [3.63, 3.8) is 0 Å². The van der Waals surface area contributed by atoms with Crippen molar-refractivity contribution in [3.05, 3.63) is 0 Å². The molecule has 0 aromatic carbocycles. The average Bonchev–Trinajstić information content (AvgIpc) is 2.35. The van der Waals surface area contributed by atoms with Crippen LogP contribution in [0.25, 0.3) is 0 Å². The summed E-state index contributed by atoms with van der Waals surface area (Å²) in [4.78, 5) is 14.4. The van der Waals surface area contributed by atoms with Gasteiger partial charge in [-0.1, -0.05) is 32.1 Å². The summed E-state index contributed by atoms with van der Waals surface area (Å²) in [6.07, 6.45) is 8.93. The quantitative estimate of drug-likeness (QED) is 0.814. The predicted molar refractivity (Wildman–Crippen MR) is 78.2 cm³/mol. The zero-order chi connectivity index (χ0) is 13.5. The molecule has 0 aromatic rings. The van der Waals surface area contributed by atoms with Crippen LogP contribution < -0.4 is 10.6 Å². The zero-order valence-electron chi connectivity index (χ0n) is 12.3. The highest BCUT2D eigenvalue weighted by Crippen LogP contribution is 2.17. The summed E-state index contributed by atoms with van der Waals surface area (Å²) in [7, 11) is 0. The van der Waals surface area contributed by atoms with Crippen molar-refractivity contribution >= 4 is 5.91 Å². The first kappa shape index (κ1) is 14.8. The molecule has 110 valence electrons. The van der Waals surface area contributed by atoms with Gasteiger partial charge in [0.15, 0.2) is 0 Å². The van der Waals surface area contributed by atoms with Gasteiger partial charge < -0.3 is 10.6 Å². The summed E-state index contributed by atoms with van der Waals surface area (Å²) in [5.41, 5.74) is 0. The topological polar surface area (TPSA) is 44.4 Å². The molecule has 19 heavy (non-hydrogen) atoms. The van der Waals surface area contributed by atoms with Gasteiger partial charge in [-0.3, -0.25) is 9.69 Å². The smallest absolute Gasteiger partial charge is 0.234 e. The van der Waals surface area contributed by atoms with Crippen molar-refractivity contribution in [1.29, 1.82) is 0 Å². The molecule has 0 aromatic heterocycles. The molecule has 1 saturated heterocycles. The molecule has 1 saturated carbocycles. The van der Waals surface area contributed by atoms with E-state index in [0.29, 0.717) is 18.6 Å². The first-order valence-electron chi connectivity index (χ1n) is 8.00. The predicted octanol–water partition coefficient (Wildman–Crippen LogP) is 1.51. The Morgan fingerprint density at radius 2 is 1.89 bits per heavy atom. The summed E-state index contributed by atoms with van der Waals surface area (Å²) in [5.74, 6) is 0.222. The van der Waals surface area contributed by atoms with Gasteiger partial charge in [0.2, 0.25) is 5.91 Å². The number of hydrogen-bond acceptors (Lipinski definition) is 3.